The minimum absolute atomic E-state index is 0.388. The average Bonchev–Trinajstić information content (AvgIpc) is 2.93. The van der Waals surface area contributed by atoms with Gasteiger partial charge in [0.2, 0.25) is 0 Å². The predicted molar refractivity (Wildman–Crippen MR) is 86.9 cm³/mol. The summed E-state index contributed by atoms with van der Waals surface area (Å²) in [5.41, 5.74) is 0. The lowest BCUT2D eigenvalue weighted by atomic mass is 9.94. The van der Waals surface area contributed by atoms with Gasteiger partial charge in [-0.1, -0.05) is 6.07 Å². The van der Waals surface area contributed by atoms with E-state index in [1.54, 1.807) is 0 Å². The summed E-state index contributed by atoms with van der Waals surface area (Å²) in [4.78, 5) is 3.91. The molecule has 2 N–H and O–H groups in total. The molecule has 0 amide bonds. The van der Waals surface area contributed by atoms with Gasteiger partial charge in [0.25, 0.3) is 0 Å². The Morgan fingerprint density at radius 3 is 2.95 bits per heavy atom. The average molecular weight is 297 g/mol. The minimum Gasteiger partial charge on any atom is -0.362 e. The van der Waals surface area contributed by atoms with Crippen LogP contribution in [0.5, 0.6) is 0 Å². The molecule has 0 aromatic carbocycles. The molecule has 0 aliphatic carbocycles. The predicted octanol–water partition coefficient (Wildman–Crippen LogP) is 2.27. The van der Waals surface area contributed by atoms with Crippen molar-refractivity contribution in [1.82, 2.24) is 15.5 Å². The third-order valence-electron chi connectivity index (χ3n) is 3.48. The monoisotopic (exact) mass is 297 g/mol. The van der Waals surface area contributed by atoms with Crippen LogP contribution < -0.4 is 10.6 Å². The second-order valence-electron chi connectivity index (χ2n) is 5.61. The molecule has 1 aromatic heterocycles. The lowest BCUT2D eigenvalue weighted by molar-refractivity contribution is 0.394. The molecule has 106 valence electrons. The van der Waals surface area contributed by atoms with Crippen LogP contribution >= 0.6 is 23.6 Å². The Hall–Kier alpha value is -0.650. The van der Waals surface area contributed by atoms with Crippen molar-refractivity contribution in [3.8, 4) is 0 Å². The molecule has 1 aromatic rings. The van der Waals surface area contributed by atoms with E-state index < -0.39 is 0 Å². The molecule has 0 saturated carbocycles. The molecule has 1 saturated heterocycles. The van der Waals surface area contributed by atoms with E-state index in [4.69, 9.17) is 12.2 Å². The van der Waals surface area contributed by atoms with Crippen molar-refractivity contribution in [2.75, 3.05) is 26.7 Å². The van der Waals surface area contributed by atoms with Gasteiger partial charge in [-0.3, -0.25) is 0 Å². The second kappa shape index (κ2) is 6.68. The zero-order valence-electron chi connectivity index (χ0n) is 11.8. The number of hydrogen-bond donors (Lipinski definition) is 2. The maximum atomic E-state index is 5.30. The van der Waals surface area contributed by atoms with E-state index in [0.717, 1.165) is 24.7 Å². The highest BCUT2D eigenvalue weighted by atomic mass is 32.1. The SMILES string of the molecule is CC(C)NC(=S)NC[C@@H]1CN(C)C[C@@H]1c1cccs1. The van der Waals surface area contributed by atoms with Crippen LogP contribution in [0.25, 0.3) is 0 Å². The van der Waals surface area contributed by atoms with Gasteiger partial charge in [-0.2, -0.15) is 0 Å². The van der Waals surface area contributed by atoms with E-state index in [2.05, 4.69) is 53.9 Å². The van der Waals surface area contributed by atoms with E-state index in [1.165, 1.54) is 4.88 Å². The molecule has 1 fully saturated rings. The molecule has 2 atom stereocenters. The summed E-state index contributed by atoms with van der Waals surface area (Å²) in [5.74, 6) is 1.27. The summed E-state index contributed by atoms with van der Waals surface area (Å²) in [5, 5.41) is 9.55. The fourth-order valence-electron chi connectivity index (χ4n) is 2.66. The fourth-order valence-corrected chi connectivity index (χ4v) is 3.89. The summed E-state index contributed by atoms with van der Waals surface area (Å²) < 4.78 is 0. The highest BCUT2D eigenvalue weighted by molar-refractivity contribution is 7.80. The van der Waals surface area contributed by atoms with Crippen LogP contribution in [0.4, 0.5) is 0 Å². The van der Waals surface area contributed by atoms with Gasteiger partial charge < -0.3 is 15.5 Å². The fraction of sp³-hybridized carbons (Fsp3) is 0.643. The lowest BCUT2D eigenvalue weighted by Crippen LogP contribution is -2.42. The van der Waals surface area contributed by atoms with Crippen LogP contribution in [0.15, 0.2) is 17.5 Å². The van der Waals surface area contributed by atoms with Crippen LogP contribution in [-0.4, -0.2) is 42.7 Å². The third-order valence-corrected chi connectivity index (χ3v) is 4.74. The number of nitrogens with zero attached hydrogens (tertiary/aromatic N) is 1. The van der Waals surface area contributed by atoms with Gasteiger partial charge in [0.15, 0.2) is 5.11 Å². The molecule has 3 nitrogen and oxygen atoms in total. The molecule has 0 unspecified atom stereocenters. The first-order valence-corrected chi connectivity index (χ1v) is 8.11. The molecule has 1 aliphatic heterocycles. The van der Waals surface area contributed by atoms with Crippen molar-refractivity contribution in [2.24, 2.45) is 5.92 Å². The standard InChI is InChI=1S/C14H23N3S2/c1-10(2)16-14(18)15-7-11-8-17(3)9-12(11)13-5-4-6-19-13/h4-6,10-12H,7-9H2,1-3H3,(H2,15,16,18)/t11-,12+/m1/s1. The molecule has 2 heterocycles. The van der Waals surface area contributed by atoms with Crippen LogP contribution in [0.2, 0.25) is 0 Å². The summed E-state index contributed by atoms with van der Waals surface area (Å²) in [6.45, 7) is 7.44. The Labute approximate surface area is 125 Å². The van der Waals surface area contributed by atoms with Crippen LogP contribution in [0.1, 0.15) is 24.6 Å². The van der Waals surface area contributed by atoms with Crippen molar-refractivity contribution < 1.29 is 0 Å². The maximum Gasteiger partial charge on any atom is 0.166 e. The summed E-state index contributed by atoms with van der Waals surface area (Å²) >= 11 is 7.17. The van der Waals surface area contributed by atoms with Crippen molar-refractivity contribution in [2.45, 2.75) is 25.8 Å². The van der Waals surface area contributed by atoms with Gasteiger partial charge in [0.05, 0.1) is 0 Å². The number of nitrogens with one attached hydrogen (secondary N) is 2. The van der Waals surface area contributed by atoms with Crippen molar-refractivity contribution >= 4 is 28.7 Å². The number of rotatable bonds is 4. The normalized spacial score (nSPS) is 23.8. The van der Waals surface area contributed by atoms with Crippen LogP contribution in [0, 0.1) is 5.92 Å². The zero-order chi connectivity index (χ0) is 13.8. The number of likely N-dealkylation sites (tertiary alicyclic amines) is 1. The quantitative estimate of drug-likeness (QED) is 0.834. The lowest BCUT2D eigenvalue weighted by Gasteiger charge is -2.20. The third kappa shape index (κ3) is 4.16. The Bertz CT molecular complexity index is 403. The van der Waals surface area contributed by atoms with E-state index >= 15 is 0 Å². The zero-order valence-corrected chi connectivity index (χ0v) is 13.5. The molecule has 0 radical (unpaired) electrons. The van der Waals surface area contributed by atoms with Crippen molar-refractivity contribution in [3.63, 3.8) is 0 Å². The van der Waals surface area contributed by atoms with Crippen molar-refractivity contribution in [1.29, 1.82) is 0 Å². The second-order valence-corrected chi connectivity index (χ2v) is 7.00. The summed E-state index contributed by atoms with van der Waals surface area (Å²) in [6.07, 6.45) is 0. The van der Waals surface area contributed by atoms with Gasteiger partial charge in [-0.05, 0) is 50.5 Å². The van der Waals surface area contributed by atoms with Crippen LogP contribution in [0.3, 0.4) is 0 Å². The number of likely N-dealkylation sites (N-methyl/N-ethyl adjacent to an activating group) is 1. The Kier molecular flexibility index (Phi) is 5.19. The molecule has 19 heavy (non-hydrogen) atoms. The molecular formula is C14H23N3S2. The highest BCUT2D eigenvalue weighted by Crippen LogP contribution is 2.33. The smallest absolute Gasteiger partial charge is 0.166 e. The Morgan fingerprint density at radius 1 is 1.53 bits per heavy atom. The van der Waals surface area contributed by atoms with Gasteiger partial charge >= 0.3 is 0 Å². The molecule has 5 heteroatoms. The van der Waals surface area contributed by atoms with E-state index in [9.17, 15) is 0 Å². The molecular weight excluding hydrogens is 274 g/mol. The van der Waals surface area contributed by atoms with Gasteiger partial charge in [-0.25, -0.2) is 0 Å². The van der Waals surface area contributed by atoms with Gasteiger partial charge in [-0.15, -0.1) is 11.3 Å². The van der Waals surface area contributed by atoms with Crippen LogP contribution in [-0.2, 0) is 0 Å². The van der Waals surface area contributed by atoms with Gasteiger partial charge in [0.1, 0.15) is 0 Å². The van der Waals surface area contributed by atoms with E-state index in [0.29, 0.717) is 17.9 Å². The Balaban J connectivity index is 1.89. The first kappa shape index (κ1) is 14.8. The maximum absolute atomic E-state index is 5.30. The summed E-state index contributed by atoms with van der Waals surface area (Å²) in [6, 6.07) is 4.79. The molecule has 1 aliphatic rings. The largest absolute Gasteiger partial charge is 0.362 e. The highest BCUT2D eigenvalue weighted by Gasteiger charge is 2.32. The van der Waals surface area contributed by atoms with E-state index in [1.807, 2.05) is 11.3 Å². The summed E-state index contributed by atoms with van der Waals surface area (Å²) in [7, 11) is 2.20. The first-order chi connectivity index (χ1) is 9.06. The Morgan fingerprint density at radius 2 is 2.32 bits per heavy atom. The topological polar surface area (TPSA) is 27.3 Å². The number of thiophene rings is 1. The number of thiocarbonyl (C=S) groups is 1. The number of hydrogen-bond acceptors (Lipinski definition) is 3. The van der Waals surface area contributed by atoms with Crippen molar-refractivity contribution in [3.05, 3.63) is 22.4 Å². The molecule has 0 spiro atoms. The van der Waals surface area contributed by atoms with E-state index in [-0.39, 0.29) is 0 Å². The minimum atomic E-state index is 0.388. The first-order valence-electron chi connectivity index (χ1n) is 6.82. The van der Waals surface area contributed by atoms with Gasteiger partial charge in [0, 0.05) is 36.5 Å². The molecule has 0 bridgehead atoms. The molecule has 2 rings (SSSR count).